The lowest BCUT2D eigenvalue weighted by Crippen LogP contribution is -2.56. The molecular formula is C17H22N2O4. The van der Waals surface area contributed by atoms with Crippen molar-refractivity contribution in [2.24, 2.45) is 0 Å². The van der Waals surface area contributed by atoms with Gasteiger partial charge >= 0.3 is 5.97 Å². The molecule has 1 heterocycles. The number of hydrogen-bond donors (Lipinski definition) is 1. The topological polar surface area (TPSA) is 77.9 Å². The molecule has 0 aromatic heterocycles. The van der Waals surface area contributed by atoms with Gasteiger partial charge in [-0.05, 0) is 31.9 Å². The number of aliphatic carboxylic acids is 1. The van der Waals surface area contributed by atoms with Crippen LogP contribution in [0.4, 0.5) is 0 Å². The molecule has 1 N–H and O–H groups in total. The Morgan fingerprint density at radius 1 is 1.26 bits per heavy atom. The highest BCUT2D eigenvalue weighted by atomic mass is 16.4. The Hall–Kier alpha value is -2.37. The van der Waals surface area contributed by atoms with Gasteiger partial charge in [0.05, 0.1) is 6.42 Å². The fourth-order valence-corrected chi connectivity index (χ4v) is 3.02. The van der Waals surface area contributed by atoms with Gasteiger partial charge in [0, 0.05) is 25.7 Å². The summed E-state index contributed by atoms with van der Waals surface area (Å²) in [6.07, 6.45) is 1.24. The number of likely N-dealkylation sites (tertiary alicyclic amines) is 1. The average Bonchev–Trinajstić information content (AvgIpc) is 2.94. The average molecular weight is 318 g/mol. The van der Waals surface area contributed by atoms with E-state index in [1.807, 2.05) is 6.07 Å². The van der Waals surface area contributed by atoms with Gasteiger partial charge in [0.25, 0.3) is 5.91 Å². The summed E-state index contributed by atoms with van der Waals surface area (Å²) < 4.78 is 0. The van der Waals surface area contributed by atoms with Crippen LogP contribution >= 0.6 is 0 Å². The van der Waals surface area contributed by atoms with Crippen LogP contribution in [-0.2, 0) is 9.59 Å². The maximum absolute atomic E-state index is 12.8. The molecule has 1 aromatic rings. The largest absolute Gasteiger partial charge is 0.481 e. The van der Waals surface area contributed by atoms with E-state index in [0.717, 1.165) is 6.42 Å². The van der Waals surface area contributed by atoms with Crippen LogP contribution in [0.1, 0.15) is 36.5 Å². The molecule has 0 saturated carbocycles. The zero-order chi connectivity index (χ0) is 17.0. The van der Waals surface area contributed by atoms with Crippen molar-refractivity contribution in [2.75, 3.05) is 20.1 Å². The third kappa shape index (κ3) is 3.52. The third-order valence-electron chi connectivity index (χ3n) is 4.38. The molecule has 0 radical (unpaired) electrons. The summed E-state index contributed by atoms with van der Waals surface area (Å²) in [4.78, 5) is 39.2. The fourth-order valence-electron chi connectivity index (χ4n) is 3.02. The summed E-state index contributed by atoms with van der Waals surface area (Å²) in [5, 5.41) is 8.76. The van der Waals surface area contributed by atoms with Gasteiger partial charge in [-0.25, -0.2) is 0 Å². The number of benzene rings is 1. The van der Waals surface area contributed by atoms with E-state index in [-0.39, 0.29) is 24.8 Å². The predicted octanol–water partition coefficient (Wildman–Crippen LogP) is 1.61. The second-order valence-electron chi connectivity index (χ2n) is 6.07. The number of carbonyl (C=O) groups is 3. The van der Waals surface area contributed by atoms with Gasteiger partial charge in [0.15, 0.2) is 0 Å². The van der Waals surface area contributed by atoms with Gasteiger partial charge in [-0.15, -0.1) is 0 Å². The van der Waals surface area contributed by atoms with Crippen LogP contribution in [0, 0.1) is 0 Å². The molecule has 2 amide bonds. The zero-order valence-electron chi connectivity index (χ0n) is 13.5. The van der Waals surface area contributed by atoms with Crippen LogP contribution in [0.25, 0.3) is 0 Å². The van der Waals surface area contributed by atoms with E-state index in [4.69, 9.17) is 5.11 Å². The van der Waals surface area contributed by atoms with E-state index in [9.17, 15) is 14.4 Å². The fraction of sp³-hybridized carbons (Fsp3) is 0.471. The van der Waals surface area contributed by atoms with E-state index in [0.29, 0.717) is 18.5 Å². The first-order valence-electron chi connectivity index (χ1n) is 7.70. The van der Waals surface area contributed by atoms with Crippen LogP contribution < -0.4 is 0 Å². The van der Waals surface area contributed by atoms with Crippen LogP contribution in [0.3, 0.4) is 0 Å². The minimum atomic E-state index is -0.946. The molecule has 2 rings (SSSR count). The summed E-state index contributed by atoms with van der Waals surface area (Å²) >= 11 is 0. The zero-order valence-corrected chi connectivity index (χ0v) is 13.5. The van der Waals surface area contributed by atoms with E-state index in [2.05, 4.69) is 0 Å². The molecule has 1 fully saturated rings. The maximum atomic E-state index is 12.8. The van der Waals surface area contributed by atoms with E-state index >= 15 is 0 Å². The number of nitrogens with zero attached hydrogens (tertiary/aromatic N) is 2. The predicted molar refractivity (Wildman–Crippen MR) is 85.0 cm³/mol. The summed E-state index contributed by atoms with van der Waals surface area (Å²) in [6, 6.07) is 8.90. The third-order valence-corrected chi connectivity index (χ3v) is 4.38. The molecule has 1 aromatic carbocycles. The molecule has 1 atom stereocenters. The van der Waals surface area contributed by atoms with Crippen molar-refractivity contribution < 1.29 is 19.5 Å². The molecule has 124 valence electrons. The second-order valence-corrected chi connectivity index (χ2v) is 6.07. The van der Waals surface area contributed by atoms with Crippen LogP contribution in [0.5, 0.6) is 0 Å². The van der Waals surface area contributed by atoms with Crippen molar-refractivity contribution in [1.29, 1.82) is 0 Å². The number of carbonyl (C=O) groups excluding carboxylic acids is 2. The SMILES string of the molecule is CN(CCC(=O)O)C(=O)C1(C)CCCN1C(=O)c1ccccc1. The van der Waals surface area contributed by atoms with E-state index in [1.165, 1.54) is 4.90 Å². The standard InChI is InChI=1S/C17H22N2O4/c1-17(16(23)18(2)12-9-14(20)21)10-6-11-19(17)15(22)13-7-4-3-5-8-13/h3-5,7-8H,6,9-12H2,1-2H3,(H,20,21). The van der Waals surface area contributed by atoms with Gasteiger partial charge in [-0.1, -0.05) is 18.2 Å². The Bertz CT molecular complexity index is 602. The normalized spacial score (nSPS) is 20.3. The summed E-state index contributed by atoms with van der Waals surface area (Å²) in [5.74, 6) is -1.32. The Balaban J connectivity index is 2.16. The minimum absolute atomic E-state index is 0.106. The van der Waals surface area contributed by atoms with Crippen molar-refractivity contribution in [3.05, 3.63) is 35.9 Å². The molecule has 23 heavy (non-hydrogen) atoms. The molecule has 0 aliphatic carbocycles. The lowest BCUT2D eigenvalue weighted by Gasteiger charge is -2.37. The van der Waals surface area contributed by atoms with E-state index < -0.39 is 11.5 Å². The molecule has 6 nitrogen and oxygen atoms in total. The van der Waals surface area contributed by atoms with Gasteiger partial charge in [-0.3, -0.25) is 14.4 Å². The minimum Gasteiger partial charge on any atom is -0.481 e. The Labute approximate surface area is 135 Å². The molecule has 0 bridgehead atoms. The molecule has 1 saturated heterocycles. The summed E-state index contributed by atoms with van der Waals surface area (Å²) in [7, 11) is 1.58. The highest BCUT2D eigenvalue weighted by molar-refractivity contribution is 5.99. The van der Waals surface area contributed by atoms with Crippen LogP contribution in [0.15, 0.2) is 30.3 Å². The van der Waals surface area contributed by atoms with Crippen molar-refractivity contribution >= 4 is 17.8 Å². The highest BCUT2D eigenvalue weighted by Crippen LogP contribution is 2.32. The second kappa shape index (κ2) is 6.81. The quantitative estimate of drug-likeness (QED) is 0.895. The number of carboxylic acid groups (broad SMARTS) is 1. The monoisotopic (exact) mass is 318 g/mol. The number of likely N-dealkylation sites (N-methyl/N-ethyl adjacent to an activating group) is 1. The van der Waals surface area contributed by atoms with Gasteiger partial charge < -0.3 is 14.9 Å². The highest BCUT2D eigenvalue weighted by Gasteiger charge is 2.47. The summed E-state index contributed by atoms with van der Waals surface area (Å²) in [5.41, 5.74) is -0.359. The molecule has 0 spiro atoms. The maximum Gasteiger partial charge on any atom is 0.305 e. The first kappa shape index (κ1) is 17.0. The molecular weight excluding hydrogens is 296 g/mol. The van der Waals surface area contributed by atoms with Crippen molar-refractivity contribution in [3.8, 4) is 0 Å². The number of amides is 2. The van der Waals surface area contributed by atoms with Gasteiger partial charge in [0.1, 0.15) is 5.54 Å². The van der Waals surface area contributed by atoms with Crippen molar-refractivity contribution in [3.63, 3.8) is 0 Å². The Morgan fingerprint density at radius 3 is 2.52 bits per heavy atom. The van der Waals surface area contributed by atoms with Crippen molar-refractivity contribution in [1.82, 2.24) is 9.80 Å². The molecule has 1 aliphatic heterocycles. The number of carboxylic acids is 1. The smallest absolute Gasteiger partial charge is 0.305 e. The van der Waals surface area contributed by atoms with Crippen molar-refractivity contribution in [2.45, 2.75) is 31.7 Å². The van der Waals surface area contributed by atoms with Crippen LogP contribution in [0.2, 0.25) is 0 Å². The lowest BCUT2D eigenvalue weighted by atomic mass is 9.96. The number of hydrogen-bond acceptors (Lipinski definition) is 3. The lowest BCUT2D eigenvalue weighted by molar-refractivity contribution is -0.141. The summed E-state index contributed by atoms with van der Waals surface area (Å²) in [6.45, 7) is 2.43. The molecule has 1 aliphatic rings. The molecule has 1 unspecified atom stereocenters. The van der Waals surface area contributed by atoms with E-state index in [1.54, 1.807) is 43.1 Å². The van der Waals surface area contributed by atoms with Gasteiger partial charge in [0.2, 0.25) is 5.91 Å². The molecule has 6 heteroatoms. The van der Waals surface area contributed by atoms with Crippen LogP contribution in [-0.4, -0.2) is 58.4 Å². The first-order chi connectivity index (χ1) is 10.9. The Morgan fingerprint density at radius 2 is 1.91 bits per heavy atom. The first-order valence-corrected chi connectivity index (χ1v) is 7.70. The van der Waals surface area contributed by atoms with Gasteiger partial charge in [-0.2, -0.15) is 0 Å². The number of rotatable bonds is 5. The Kier molecular flexibility index (Phi) is 5.03.